The van der Waals surface area contributed by atoms with E-state index in [0.717, 1.165) is 5.56 Å². The molecule has 0 radical (unpaired) electrons. The van der Waals surface area contributed by atoms with E-state index in [-0.39, 0.29) is 5.69 Å². The Balaban J connectivity index is 2.22. The van der Waals surface area contributed by atoms with Crippen molar-refractivity contribution in [3.63, 3.8) is 0 Å². The first-order valence-electron chi connectivity index (χ1n) is 5.08. The van der Waals surface area contributed by atoms with Crippen LogP contribution in [0.25, 0.3) is 12.2 Å². The quantitative estimate of drug-likeness (QED) is 0.596. The van der Waals surface area contributed by atoms with E-state index in [4.69, 9.17) is 0 Å². The predicted octanol–water partition coefficient (Wildman–Crippen LogP) is 3.16. The van der Waals surface area contributed by atoms with Crippen LogP contribution in [0.3, 0.4) is 0 Å². The summed E-state index contributed by atoms with van der Waals surface area (Å²) in [6, 6.07) is 11.2. The summed E-state index contributed by atoms with van der Waals surface area (Å²) < 4.78 is 0. The monoisotopic (exact) mass is 226 g/mol. The Kier molecular flexibility index (Phi) is 3.25. The summed E-state index contributed by atoms with van der Waals surface area (Å²) in [4.78, 5) is 13.9. The van der Waals surface area contributed by atoms with Gasteiger partial charge in [0, 0.05) is 12.3 Å². The molecule has 2 aromatic rings. The molecule has 17 heavy (non-hydrogen) atoms. The summed E-state index contributed by atoms with van der Waals surface area (Å²) in [6.07, 6.45) is 6.52. The van der Waals surface area contributed by atoms with Gasteiger partial charge in [0.15, 0.2) is 0 Å². The number of nitro groups is 1. The molecular weight excluding hydrogens is 216 g/mol. The lowest BCUT2D eigenvalue weighted by Crippen LogP contribution is -1.89. The predicted molar refractivity (Wildman–Crippen MR) is 66.3 cm³/mol. The van der Waals surface area contributed by atoms with Gasteiger partial charge in [-0.15, -0.1) is 0 Å². The van der Waals surface area contributed by atoms with Crippen LogP contribution in [0.2, 0.25) is 0 Å². The summed E-state index contributed by atoms with van der Waals surface area (Å²) in [5, 5.41) is 10.6. The number of nitrogens with zero attached hydrogens (tertiary/aromatic N) is 2. The third kappa shape index (κ3) is 2.98. The molecule has 0 saturated heterocycles. The van der Waals surface area contributed by atoms with Crippen molar-refractivity contribution >= 4 is 17.8 Å². The van der Waals surface area contributed by atoms with Crippen molar-refractivity contribution in [2.45, 2.75) is 0 Å². The van der Waals surface area contributed by atoms with Gasteiger partial charge < -0.3 is 0 Å². The SMILES string of the molecule is O=[N+]([O-])c1cncc(/C=C/c2ccccc2)c1. The normalized spacial score (nSPS) is 10.6. The minimum absolute atomic E-state index is 0.000196. The zero-order chi connectivity index (χ0) is 12.1. The highest BCUT2D eigenvalue weighted by Crippen LogP contribution is 2.13. The van der Waals surface area contributed by atoms with Gasteiger partial charge in [0.25, 0.3) is 5.69 Å². The van der Waals surface area contributed by atoms with Crippen LogP contribution < -0.4 is 0 Å². The van der Waals surface area contributed by atoms with Crippen LogP contribution in [0, 0.1) is 10.1 Å². The van der Waals surface area contributed by atoms with E-state index in [0.29, 0.717) is 5.56 Å². The third-order valence-corrected chi connectivity index (χ3v) is 2.22. The molecule has 0 fully saturated rings. The lowest BCUT2D eigenvalue weighted by atomic mass is 10.1. The van der Waals surface area contributed by atoms with E-state index in [2.05, 4.69) is 4.98 Å². The van der Waals surface area contributed by atoms with Gasteiger partial charge in [0.1, 0.15) is 6.20 Å². The van der Waals surface area contributed by atoms with Crippen LogP contribution in [-0.2, 0) is 0 Å². The summed E-state index contributed by atoms with van der Waals surface area (Å²) in [5.41, 5.74) is 1.75. The van der Waals surface area contributed by atoms with Crippen LogP contribution in [-0.4, -0.2) is 9.91 Å². The second kappa shape index (κ2) is 5.03. The van der Waals surface area contributed by atoms with Gasteiger partial charge in [-0.2, -0.15) is 0 Å². The minimum Gasteiger partial charge on any atom is -0.258 e. The molecule has 0 N–H and O–H groups in total. The average molecular weight is 226 g/mol. The first-order valence-corrected chi connectivity index (χ1v) is 5.08. The van der Waals surface area contributed by atoms with Gasteiger partial charge in [-0.05, 0) is 11.1 Å². The van der Waals surface area contributed by atoms with Crippen molar-refractivity contribution in [1.29, 1.82) is 0 Å². The Hall–Kier alpha value is -2.49. The van der Waals surface area contributed by atoms with Crippen molar-refractivity contribution < 1.29 is 4.92 Å². The zero-order valence-corrected chi connectivity index (χ0v) is 8.98. The molecule has 0 bridgehead atoms. The highest BCUT2D eigenvalue weighted by atomic mass is 16.6. The van der Waals surface area contributed by atoms with E-state index >= 15 is 0 Å². The van der Waals surface area contributed by atoms with Crippen LogP contribution in [0.15, 0.2) is 48.8 Å². The summed E-state index contributed by atoms with van der Waals surface area (Å²) in [6.45, 7) is 0. The fraction of sp³-hybridized carbons (Fsp3) is 0. The molecule has 0 spiro atoms. The maximum absolute atomic E-state index is 10.6. The van der Waals surface area contributed by atoms with E-state index in [1.54, 1.807) is 12.3 Å². The van der Waals surface area contributed by atoms with Crippen molar-refractivity contribution in [2.75, 3.05) is 0 Å². The van der Waals surface area contributed by atoms with Gasteiger partial charge >= 0.3 is 0 Å². The van der Waals surface area contributed by atoms with Gasteiger partial charge in [-0.25, -0.2) is 0 Å². The first kappa shape index (κ1) is 11.0. The molecule has 0 amide bonds. The number of benzene rings is 1. The third-order valence-electron chi connectivity index (χ3n) is 2.22. The number of rotatable bonds is 3. The summed E-state index contributed by atoms with van der Waals surface area (Å²) in [7, 11) is 0. The molecule has 0 atom stereocenters. The lowest BCUT2D eigenvalue weighted by molar-refractivity contribution is -0.385. The van der Waals surface area contributed by atoms with E-state index in [9.17, 15) is 10.1 Å². The molecule has 2 rings (SSSR count). The van der Waals surface area contributed by atoms with Gasteiger partial charge in [0.05, 0.1) is 4.92 Å². The molecular formula is C13H10N2O2. The van der Waals surface area contributed by atoms with Crippen molar-refractivity contribution in [2.24, 2.45) is 0 Å². The maximum atomic E-state index is 10.6. The molecule has 0 saturated carbocycles. The van der Waals surface area contributed by atoms with Crippen LogP contribution in [0.4, 0.5) is 5.69 Å². The molecule has 1 aromatic carbocycles. The first-order chi connectivity index (χ1) is 8.25. The Morgan fingerprint density at radius 1 is 1.06 bits per heavy atom. The Morgan fingerprint density at radius 2 is 1.76 bits per heavy atom. The van der Waals surface area contributed by atoms with Crippen molar-refractivity contribution in [1.82, 2.24) is 4.98 Å². The standard InChI is InChI=1S/C13H10N2O2/c16-15(17)13-8-12(9-14-10-13)7-6-11-4-2-1-3-5-11/h1-10H/b7-6+. The second-order valence-electron chi connectivity index (χ2n) is 3.48. The maximum Gasteiger partial charge on any atom is 0.288 e. The molecule has 4 nitrogen and oxygen atoms in total. The van der Waals surface area contributed by atoms with E-state index in [1.165, 1.54) is 12.3 Å². The van der Waals surface area contributed by atoms with E-state index < -0.39 is 4.92 Å². The average Bonchev–Trinajstić information content (AvgIpc) is 2.38. The number of hydrogen-bond donors (Lipinski definition) is 0. The van der Waals surface area contributed by atoms with Gasteiger partial charge in [0.2, 0.25) is 0 Å². The zero-order valence-electron chi connectivity index (χ0n) is 8.98. The molecule has 0 aliphatic carbocycles. The van der Waals surface area contributed by atoms with Gasteiger partial charge in [-0.3, -0.25) is 15.1 Å². The second-order valence-corrected chi connectivity index (χ2v) is 3.48. The molecule has 4 heteroatoms. The van der Waals surface area contributed by atoms with Crippen LogP contribution >= 0.6 is 0 Å². The van der Waals surface area contributed by atoms with Crippen LogP contribution in [0.5, 0.6) is 0 Å². The van der Waals surface area contributed by atoms with Crippen molar-refractivity contribution in [3.8, 4) is 0 Å². The number of aromatic nitrogens is 1. The van der Waals surface area contributed by atoms with Crippen molar-refractivity contribution in [3.05, 3.63) is 70.0 Å². The Bertz CT molecular complexity index is 550. The van der Waals surface area contributed by atoms with E-state index in [1.807, 2.05) is 36.4 Å². The number of hydrogen-bond acceptors (Lipinski definition) is 3. The highest BCUT2D eigenvalue weighted by molar-refractivity contribution is 5.69. The molecule has 84 valence electrons. The fourth-order valence-corrected chi connectivity index (χ4v) is 1.39. The molecule has 0 aliphatic heterocycles. The lowest BCUT2D eigenvalue weighted by Gasteiger charge is -1.94. The number of pyridine rings is 1. The minimum atomic E-state index is -0.452. The highest BCUT2D eigenvalue weighted by Gasteiger charge is 2.04. The topological polar surface area (TPSA) is 56.0 Å². The smallest absolute Gasteiger partial charge is 0.258 e. The van der Waals surface area contributed by atoms with Crippen LogP contribution in [0.1, 0.15) is 11.1 Å². The molecule has 0 aliphatic rings. The molecule has 1 aromatic heterocycles. The van der Waals surface area contributed by atoms with Gasteiger partial charge in [-0.1, -0.05) is 42.5 Å². The summed E-state index contributed by atoms with van der Waals surface area (Å²) in [5.74, 6) is 0. The summed E-state index contributed by atoms with van der Waals surface area (Å²) >= 11 is 0. The Labute approximate surface area is 98.4 Å². The fourth-order valence-electron chi connectivity index (χ4n) is 1.39. The largest absolute Gasteiger partial charge is 0.288 e. The molecule has 0 unspecified atom stereocenters. The molecule has 1 heterocycles. The Morgan fingerprint density at radius 3 is 2.47 bits per heavy atom.